The molecule has 3 rings (SSSR count). The van der Waals surface area contributed by atoms with E-state index in [1.165, 1.54) is 0 Å². The Morgan fingerprint density at radius 1 is 1.24 bits per heavy atom. The van der Waals surface area contributed by atoms with Crippen LogP contribution in [0.2, 0.25) is 0 Å². The Bertz CT molecular complexity index is 845. The maximum atomic E-state index is 14.0. The Kier molecular flexibility index (Phi) is 3.04. The largest absolute Gasteiger partial charge is 0.503 e. The summed E-state index contributed by atoms with van der Waals surface area (Å²) in [6, 6.07) is 4.02. The van der Waals surface area contributed by atoms with Crippen molar-refractivity contribution in [3.05, 3.63) is 41.8 Å². The molecule has 0 spiro atoms. The van der Waals surface area contributed by atoms with E-state index >= 15 is 0 Å². The quantitative estimate of drug-likeness (QED) is 0.738. The predicted octanol–water partition coefficient (Wildman–Crippen LogP) is 3.24. The molecule has 0 aliphatic rings. The molecule has 2 aromatic heterocycles. The highest BCUT2D eigenvalue weighted by molar-refractivity contribution is 5.77. The second kappa shape index (κ2) is 4.76. The van der Waals surface area contributed by atoms with Crippen molar-refractivity contribution in [3.8, 4) is 17.1 Å². The first-order chi connectivity index (χ1) is 10.0. The Labute approximate surface area is 117 Å². The molecule has 0 aliphatic carbocycles. The Morgan fingerprint density at radius 3 is 2.71 bits per heavy atom. The zero-order valence-electron chi connectivity index (χ0n) is 10.9. The number of pyridine rings is 1. The number of halogens is 3. The third-order valence-electron chi connectivity index (χ3n) is 3.19. The minimum Gasteiger partial charge on any atom is -0.503 e. The van der Waals surface area contributed by atoms with Crippen LogP contribution in [-0.2, 0) is 6.54 Å². The van der Waals surface area contributed by atoms with E-state index in [0.717, 1.165) is 0 Å². The Hall–Kier alpha value is -2.57. The molecule has 0 radical (unpaired) electrons. The van der Waals surface area contributed by atoms with Crippen LogP contribution >= 0.6 is 0 Å². The van der Waals surface area contributed by atoms with Gasteiger partial charge in [-0.25, -0.2) is 18.7 Å². The minimum absolute atomic E-state index is 0.0814. The van der Waals surface area contributed by atoms with Crippen LogP contribution in [0.1, 0.15) is 6.92 Å². The van der Waals surface area contributed by atoms with Crippen LogP contribution < -0.4 is 0 Å². The number of hydrogen-bond donors (Lipinski definition) is 1. The molecule has 0 amide bonds. The van der Waals surface area contributed by atoms with Crippen molar-refractivity contribution in [1.29, 1.82) is 0 Å². The molecule has 1 aromatic carbocycles. The first-order valence-corrected chi connectivity index (χ1v) is 6.22. The number of nitrogens with zero attached hydrogens (tertiary/aromatic N) is 3. The summed E-state index contributed by atoms with van der Waals surface area (Å²) in [5.74, 6) is -5.48. The van der Waals surface area contributed by atoms with E-state index in [4.69, 9.17) is 0 Å². The molecule has 0 saturated heterocycles. The van der Waals surface area contributed by atoms with Gasteiger partial charge in [0.05, 0.1) is 5.56 Å². The number of phenols is 1. The van der Waals surface area contributed by atoms with Gasteiger partial charge >= 0.3 is 0 Å². The van der Waals surface area contributed by atoms with Crippen molar-refractivity contribution in [2.75, 3.05) is 0 Å². The fraction of sp³-hybridized carbons (Fsp3) is 0.143. The highest BCUT2D eigenvalue weighted by atomic mass is 19.2. The van der Waals surface area contributed by atoms with Crippen LogP contribution in [0.5, 0.6) is 5.75 Å². The molecule has 7 heteroatoms. The highest BCUT2D eigenvalue weighted by Crippen LogP contribution is 2.33. The molecule has 0 bridgehead atoms. The number of hydrogen-bond acceptors (Lipinski definition) is 3. The van der Waals surface area contributed by atoms with Gasteiger partial charge in [0.1, 0.15) is 11.3 Å². The van der Waals surface area contributed by atoms with E-state index in [1.54, 1.807) is 29.8 Å². The molecule has 21 heavy (non-hydrogen) atoms. The van der Waals surface area contributed by atoms with Crippen molar-refractivity contribution >= 4 is 11.2 Å². The van der Waals surface area contributed by atoms with Crippen LogP contribution in [0.15, 0.2) is 24.4 Å². The summed E-state index contributed by atoms with van der Waals surface area (Å²) in [5, 5.41) is 9.33. The molecule has 2 heterocycles. The second-order valence-corrected chi connectivity index (χ2v) is 4.41. The smallest absolute Gasteiger partial charge is 0.203 e. The first-order valence-electron chi connectivity index (χ1n) is 6.22. The van der Waals surface area contributed by atoms with Gasteiger partial charge in [-0.1, -0.05) is 0 Å². The number of aromatic hydroxyl groups is 1. The summed E-state index contributed by atoms with van der Waals surface area (Å²) in [6.07, 6.45) is 1.55. The normalized spacial score (nSPS) is 11.2. The van der Waals surface area contributed by atoms with Gasteiger partial charge in [-0.05, 0) is 25.1 Å². The lowest BCUT2D eigenvalue weighted by molar-refractivity contribution is 0.377. The number of phenolic OH excluding ortho intramolecular Hbond substituents is 1. The number of benzene rings is 1. The van der Waals surface area contributed by atoms with Crippen molar-refractivity contribution < 1.29 is 18.3 Å². The molecule has 1 N–H and O–H groups in total. The maximum absolute atomic E-state index is 14.0. The van der Waals surface area contributed by atoms with Crippen molar-refractivity contribution in [1.82, 2.24) is 14.5 Å². The average Bonchev–Trinajstić information content (AvgIpc) is 2.87. The van der Waals surface area contributed by atoms with Gasteiger partial charge < -0.3 is 9.67 Å². The molecule has 108 valence electrons. The maximum Gasteiger partial charge on any atom is 0.203 e. The van der Waals surface area contributed by atoms with Gasteiger partial charge in [0, 0.05) is 12.7 Å². The monoisotopic (exact) mass is 293 g/mol. The van der Waals surface area contributed by atoms with E-state index in [9.17, 15) is 18.3 Å². The molecule has 4 nitrogen and oxygen atoms in total. The van der Waals surface area contributed by atoms with Crippen molar-refractivity contribution in [2.24, 2.45) is 0 Å². The SMILES string of the molecule is CCn1c(-c2cc(F)c(F)c(O)c2F)nc2cccnc21. The van der Waals surface area contributed by atoms with Gasteiger partial charge in [-0.3, -0.25) is 0 Å². The number of fused-ring (bicyclic) bond motifs is 1. The molecule has 0 aliphatic heterocycles. The van der Waals surface area contributed by atoms with Gasteiger partial charge in [0.25, 0.3) is 0 Å². The average molecular weight is 293 g/mol. The van der Waals surface area contributed by atoms with E-state index < -0.39 is 23.2 Å². The van der Waals surface area contributed by atoms with Gasteiger partial charge in [-0.15, -0.1) is 0 Å². The number of imidazole rings is 1. The summed E-state index contributed by atoms with van der Waals surface area (Å²) in [7, 11) is 0. The zero-order valence-corrected chi connectivity index (χ0v) is 10.9. The van der Waals surface area contributed by atoms with E-state index in [1.807, 2.05) is 0 Å². The van der Waals surface area contributed by atoms with Crippen molar-refractivity contribution in [2.45, 2.75) is 13.5 Å². The molecule has 0 saturated carbocycles. The van der Waals surface area contributed by atoms with Crippen LogP contribution in [0.4, 0.5) is 13.2 Å². The van der Waals surface area contributed by atoms with E-state index in [0.29, 0.717) is 23.8 Å². The zero-order chi connectivity index (χ0) is 15.1. The van der Waals surface area contributed by atoms with E-state index in [2.05, 4.69) is 9.97 Å². The molecule has 0 fully saturated rings. The van der Waals surface area contributed by atoms with Gasteiger partial charge in [-0.2, -0.15) is 4.39 Å². The highest BCUT2D eigenvalue weighted by Gasteiger charge is 2.23. The molecule has 3 aromatic rings. The summed E-state index contributed by atoms with van der Waals surface area (Å²) < 4.78 is 42.2. The fourth-order valence-electron chi connectivity index (χ4n) is 2.22. The molecule has 0 atom stereocenters. The third kappa shape index (κ3) is 1.93. The van der Waals surface area contributed by atoms with Crippen LogP contribution in [0.3, 0.4) is 0 Å². The number of rotatable bonds is 2. The fourth-order valence-corrected chi connectivity index (χ4v) is 2.22. The standard InChI is InChI=1S/C14H10F3N3O/c1-2-20-13(19-9-4-3-5-18-14(9)20)7-6-8(15)11(17)12(21)10(7)16/h3-6,21H,2H2,1H3. The summed E-state index contributed by atoms with van der Waals surface area (Å²) in [5.41, 5.74) is 0.683. The summed E-state index contributed by atoms with van der Waals surface area (Å²) >= 11 is 0. The number of aryl methyl sites for hydroxylation is 1. The van der Waals surface area contributed by atoms with Gasteiger partial charge in [0.15, 0.2) is 23.0 Å². The minimum atomic E-state index is -1.62. The van der Waals surface area contributed by atoms with Crippen LogP contribution in [0, 0.1) is 17.5 Å². The second-order valence-electron chi connectivity index (χ2n) is 4.41. The summed E-state index contributed by atoms with van der Waals surface area (Å²) in [4.78, 5) is 8.32. The Balaban J connectivity index is 2.35. The van der Waals surface area contributed by atoms with Crippen molar-refractivity contribution in [3.63, 3.8) is 0 Å². The lowest BCUT2D eigenvalue weighted by atomic mass is 10.1. The van der Waals surface area contributed by atoms with E-state index in [-0.39, 0.29) is 11.4 Å². The van der Waals surface area contributed by atoms with Crippen LogP contribution in [-0.4, -0.2) is 19.6 Å². The molecular weight excluding hydrogens is 283 g/mol. The number of aromatic nitrogens is 3. The topological polar surface area (TPSA) is 50.9 Å². The lowest BCUT2D eigenvalue weighted by Gasteiger charge is -2.08. The summed E-state index contributed by atoms with van der Waals surface area (Å²) in [6.45, 7) is 2.19. The predicted molar refractivity (Wildman–Crippen MR) is 70.2 cm³/mol. The van der Waals surface area contributed by atoms with Gasteiger partial charge in [0.2, 0.25) is 5.82 Å². The lowest BCUT2D eigenvalue weighted by Crippen LogP contribution is -2.02. The van der Waals surface area contributed by atoms with Crippen LogP contribution in [0.25, 0.3) is 22.6 Å². The third-order valence-corrected chi connectivity index (χ3v) is 3.19. The first kappa shape index (κ1) is 13.4. The molecular formula is C14H10F3N3O. The molecule has 0 unspecified atom stereocenters. The Morgan fingerprint density at radius 2 is 2.00 bits per heavy atom.